The number of nitrogens with zero attached hydrogens (tertiary/aromatic N) is 3. The van der Waals surface area contributed by atoms with Gasteiger partial charge in [-0.3, -0.25) is 24.0 Å². The Morgan fingerprint density at radius 2 is 1.75 bits per heavy atom. The van der Waals surface area contributed by atoms with Crippen LogP contribution in [0.1, 0.15) is 39.2 Å². The summed E-state index contributed by atoms with van der Waals surface area (Å²) in [6.07, 6.45) is 1.90. The zero-order valence-corrected chi connectivity index (χ0v) is 22.3. The van der Waals surface area contributed by atoms with Crippen molar-refractivity contribution in [3.8, 4) is 0 Å². The molecule has 2 atom stereocenters. The highest BCUT2D eigenvalue weighted by atomic mass is 35.5. The summed E-state index contributed by atoms with van der Waals surface area (Å²) >= 11 is 5.98. The lowest BCUT2D eigenvalue weighted by Crippen LogP contribution is -2.53. The minimum absolute atomic E-state index is 0.0244. The van der Waals surface area contributed by atoms with E-state index in [1.165, 1.54) is 23.1 Å². The molecule has 2 aromatic rings. The number of rotatable bonds is 12. The Hall–Kier alpha value is -3.18. The second-order valence-electron chi connectivity index (χ2n) is 8.44. The van der Waals surface area contributed by atoms with Gasteiger partial charge in [0.25, 0.3) is 5.69 Å². The van der Waals surface area contributed by atoms with Gasteiger partial charge in [0.2, 0.25) is 21.8 Å². The Labute approximate surface area is 216 Å². The predicted molar refractivity (Wildman–Crippen MR) is 139 cm³/mol. The first-order chi connectivity index (χ1) is 16.9. The molecule has 36 heavy (non-hydrogen) atoms. The number of nitro benzene ring substituents is 1. The number of halogens is 1. The van der Waals surface area contributed by atoms with Gasteiger partial charge in [0.05, 0.1) is 16.9 Å². The normalized spacial score (nSPS) is 12.9. The van der Waals surface area contributed by atoms with Gasteiger partial charge in [0, 0.05) is 29.7 Å². The van der Waals surface area contributed by atoms with Gasteiger partial charge in [-0.2, -0.15) is 0 Å². The third-order valence-corrected chi connectivity index (χ3v) is 7.05. The molecule has 0 saturated carbocycles. The van der Waals surface area contributed by atoms with Crippen molar-refractivity contribution in [2.75, 3.05) is 17.1 Å². The van der Waals surface area contributed by atoms with Crippen LogP contribution < -0.4 is 9.62 Å². The molecule has 0 heterocycles. The fourth-order valence-electron chi connectivity index (χ4n) is 3.52. The average Bonchev–Trinajstić information content (AvgIpc) is 2.82. The molecular weight excluding hydrogens is 508 g/mol. The molecule has 0 aliphatic carbocycles. The lowest BCUT2D eigenvalue weighted by molar-refractivity contribution is -0.384. The fourth-order valence-corrected chi connectivity index (χ4v) is 4.49. The van der Waals surface area contributed by atoms with Crippen LogP contribution in [-0.4, -0.2) is 54.9 Å². The molecule has 0 aliphatic heterocycles. The molecule has 2 amide bonds. The standard InChI is InChI=1S/C24H31ClN4O6S/c1-5-17(3)26-24(31)22(6-2)27(15-18-10-12-19(25)13-11-18)23(30)16-28(36(4,34)35)20-8-7-9-21(14-20)29(32)33/h7-14,17,22H,5-6,15-16H2,1-4H3,(H,26,31). The molecule has 1 N–H and O–H groups in total. The van der Waals surface area contributed by atoms with Crippen molar-refractivity contribution in [3.05, 3.63) is 69.2 Å². The van der Waals surface area contributed by atoms with Gasteiger partial charge >= 0.3 is 0 Å². The molecule has 0 saturated heterocycles. The molecule has 0 bridgehead atoms. The second kappa shape index (κ2) is 12.7. The summed E-state index contributed by atoms with van der Waals surface area (Å²) < 4.78 is 26.0. The van der Waals surface area contributed by atoms with E-state index in [0.29, 0.717) is 17.0 Å². The van der Waals surface area contributed by atoms with Gasteiger partial charge in [-0.15, -0.1) is 0 Å². The minimum Gasteiger partial charge on any atom is -0.352 e. The van der Waals surface area contributed by atoms with Crippen molar-refractivity contribution in [2.45, 2.75) is 52.2 Å². The van der Waals surface area contributed by atoms with Gasteiger partial charge in [0.1, 0.15) is 12.6 Å². The first kappa shape index (κ1) is 29.1. The number of nitrogens with one attached hydrogen (secondary N) is 1. The monoisotopic (exact) mass is 538 g/mol. The van der Waals surface area contributed by atoms with Crippen LogP contribution in [-0.2, 0) is 26.2 Å². The Balaban J connectivity index is 2.47. The SMILES string of the molecule is CCC(C)NC(=O)C(CC)N(Cc1ccc(Cl)cc1)C(=O)CN(c1cccc([N+](=O)[O-])c1)S(C)(=O)=O. The lowest BCUT2D eigenvalue weighted by Gasteiger charge is -2.33. The van der Waals surface area contributed by atoms with Gasteiger partial charge in [0.15, 0.2) is 0 Å². The lowest BCUT2D eigenvalue weighted by atomic mass is 10.1. The van der Waals surface area contributed by atoms with Crippen molar-refractivity contribution in [3.63, 3.8) is 0 Å². The fraction of sp³-hybridized carbons (Fsp3) is 0.417. The van der Waals surface area contributed by atoms with Crippen molar-refractivity contribution >= 4 is 44.8 Å². The van der Waals surface area contributed by atoms with Gasteiger partial charge in [-0.05, 0) is 43.5 Å². The molecule has 2 unspecified atom stereocenters. The average molecular weight is 539 g/mol. The second-order valence-corrected chi connectivity index (χ2v) is 10.8. The van der Waals surface area contributed by atoms with Crippen molar-refractivity contribution in [1.29, 1.82) is 0 Å². The number of amides is 2. The molecule has 0 aromatic heterocycles. The van der Waals surface area contributed by atoms with Gasteiger partial charge in [-0.1, -0.05) is 43.6 Å². The predicted octanol–water partition coefficient (Wildman–Crippen LogP) is 3.74. The number of hydrogen-bond acceptors (Lipinski definition) is 6. The molecule has 2 rings (SSSR count). The highest BCUT2D eigenvalue weighted by Gasteiger charge is 2.32. The number of sulfonamides is 1. The van der Waals surface area contributed by atoms with Crippen molar-refractivity contribution in [2.24, 2.45) is 0 Å². The van der Waals surface area contributed by atoms with Crippen LogP contribution in [0.15, 0.2) is 48.5 Å². The van der Waals surface area contributed by atoms with E-state index in [9.17, 15) is 28.1 Å². The Bertz CT molecular complexity index is 1190. The Kier molecular flexibility index (Phi) is 10.2. The molecule has 0 aliphatic rings. The van der Waals surface area contributed by atoms with E-state index in [4.69, 9.17) is 11.6 Å². The third-order valence-electron chi connectivity index (χ3n) is 5.66. The zero-order valence-electron chi connectivity index (χ0n) is 20.7. The maximum Gasteiger partial charge on any atom is 0.271 e. The zero-order chi connectivity index (χ0) is 27.0. The van der Waals surface area contributed by atoms with Gasteiger partial charge < -0.3 is 10.2 Å². The van der Waals surface area contributed by atoms with E-state index < -0.39 is 33.4 Å². The molecule has 12 heteroatoms. The van der Waals surface area contributed by atoms with Crippen molar-refractivity contribution in [1.82, 2.24) is 10.2 Å². The summed E-state index contributed by atoms with van der Waals surface area (Å²) in [6.45, 7) is 4.93. The topological polar surface area (TPSA) is 130 Å². The number of carbonyl (C=O) groups excluding carboxylic acids is 2. The van der Waals surface area contributed by atoms with Crippen LogP contribution in [0.5, 0.6) is 0 Å². The highest BCUT2D eigenvalue weighted by Crippen LogP contribution is 2.24. The number of benzene rings is 2. The first-order valence-corrected chi connectivity index (χ1v) is 13.7. The summed E-state index contributed by atoms with van der Waals surface area (Å²) in [7, 11) is -4.00. The number of anilines is 1. The largest absolute Gasteiger partial charge is 0.352 e. The Morgan fingerprint density at radius 1 is 1.11 bits per heavy atom. The van der Waals surface area contributed by atoms with Crippen LogP contribution in [0.25, 0.3) is 0 Å². The van der Waals surface area contributed by atoms with E-state index in [1.54, 1.807) is 31.2 Å². The maximum atomic E-state index is 13.6. The number of hydrogen-bond donors (Lipinski definition) is 1. The molecule has 0 fully saturated rings. The maximum absolute atomic E-state index is 13.6. The first-order valence-electron chi connectivity index (χ1n) is 11.4. The quantitative estimate of drug-likeness (QED) is 0.323. The van der Waals surface area contributed by atoms with Crippen LogP contribution in [0.4, 0.5) is 11.4 Å². The smallest absolute Gasteiger partial charge is 0.271 e. The Morgan fingerprint density at radius 3 is 2.28 bits per heavy atom. The summed E-state index contributed by atoms with van der Waals surface area (Å²) in [6, 6.07) is 10.8. The van der Waals surface area contributed by atoms with Crippen LogP contribution in [0.2, 0.25) is 5.02 Å². The third kappa shape index (κ3) is 7.92. The van der Waals surface area contributed by atoms with Crippen LogP contribution in [0, 0.1) is 10.1 Å². The van der Waals surface area contributed by atoms with E-state index in [0.717, 1.165) is 16.6 Å². The van der Waals surface area contributed by atoms with Crippen LogP contribution in [0.3, 0.4) is 0 Å². The molecule has 0 radical (unpaired) electrons. The van der Waals surface area contributed by atoms with E-state index in [-0.39, 0.29) is 36.3 Å². The molecular formula is C24H31ClN4O6S. The number of carbonyl (C=O) groups is 2. The number of non-ortho nitro benzene ring substituents is 1. The van der Waals surface area contributed by atoms with Crippen molar-refractivity contribution < 1.29 is 22.9 Å². The summed E-state index contributed by atoms with van der Waals surface area (Å²) in [4.78, 5) is 38.6. The molecule has 196 valence electrons. The molecule has 10 nitrogen and oxygen atoms in total. The summed E-state index contributed by atoms with van der Waals surface area (Å²) in [5.41, 5.74) is 0.360. The van der Waals surface area contributed by atoms with E-state index in [1.807, 2.05) is 13.8 Å². The van der Waals surface area contributed by atoms with Crippen LogP contribution >= 0.6 is 11.6 Å². The summed E-state index contributed by atoms with van der Waals surface area (Å²) in [5, 5.41) is 14.6. The van der Waals surface area contributed by atoms with Gasteiger partial charge in [-0.25, -0.2) is 8.42 Å². The summed E-state index contributed by atoms with van der Waals surface area (Å²) in [5.74, 6) is -0.983. The molecule has 2 aromatic carbocycles. The number of nitro groups is 1. The minimum atomic E-state index is -4.00. The molecule has 0 spiro atoms. The van der Waals surface area contributed by atoms with E-state index in [2.05, 4.69) is 5.32 Å². The van der Waals surface area contributed by atoms with E-state index >= 15 is 0 Å². The highest BCUT2D eigenvalue weighted by molar-refractivity contribution is 7.92.